The summed E-state index contributed by atoms with van der Waals surface area (Å²) in [4.78, 5) is 2.71. The number of aromatic nitrogens is 2. The molecule has 0 unspecified atom stereocenters. The summed E-state index contributed by atoms with van der Waals surface area (Å²) < 4.78 is 0. The third kappa shape index (κ3) is 1.26. The quantitative estimate of drug-likeness (QED) is 0.389. The van der Waals surface area contributed by atoms with Crippen molar-refractivity contribution in [2.45, 2.75) is 6.92 Å². The van der Waals surface area contributed by atoms with E-state index in [0.29, 0.717) is 5.82 Å². The Morgan fingerprint density at radius 1 is 1.21 bits per heavy atom. The molecule has 0 saturated carbocycles. The van der Waals surface area contributed by atoms with Gasteiger partial charge in [0, 0.05) is 15.7 Å². The van der Waals surface area contributed by atoms with E-state index in [4.69, 9.17) is 5.53 Å². The van der Waals surface area contributed by atoms with Gasteiger partial charge in [0.2, 0.25) is 0 Å². The summed E-state index contributed by atoms with van der Waals surface area (Å²) in [6, 6.07) is 7.58. The molecule has 0 fully saturated rings. The first-order chi connectivity index (χ1) is 6.83. The van der Waals surface area contributed by atoms with Crippen LogP contribution in [0.4, 0.5) is 5.82 Å². The summed E-state index contributed by atoms with van der Waals surface area (Å²) in [6.45, 7) is 1.87. The van der Waals surface area contributed by atoms with Gasteiger partial charge in [-0.1, -0.05) is 24.3 Å². The zero-order valence-electron chi connectivity index (χ0n) is 7.55. The van der Waals surface area contributed by atoms with Crippen LogP contribution in [0.1, 0.15) is 5.69 Å². The molecule has 0 atom stereocenters. The summed E-state index contributed by atoms with van der Waals surface area (Å²) >= 11 is 0. The molecule has 0 N–H and O–H groups in total. The molecule has 0 bridgehead atoms. The highest BCUT2D eigenvalue weighted by atomic mass is 15.2. The zero-order valence-corrected chi connectivity index (χ0v) is 7.55. The maximum atomic E-state index is 8.34. The monoisotopic (exact) mass is 185 g/mol. The van der Waals surface area contributed by atoms with Gasteiger partial charge in [-0.3, -0.25) is 0 Å². The van der Waals surface area contributed by atoms with Gasteiger partial charge in [-0.15, -0.1) is 5.10 Å². The molecule has 1 aromatic carbocycles. The average molecular weight is 185 g/mol. The normalized spacial score (nSPS) is 9.79. The molecule has 0 saturated heterocycles. The maximum Gasteiger partial charge on any atom is 0.157 e. The van der Waals surface area contributed by atoms with E-state index in [1.807, 2.05) is 31.2 Å². The molecule has 14 heavy (non-hydrogen) atoms. The van der Waals surface area contributed by atoms with Crippen LogP contribution in [0.15, 0.2) is 29.4 Å². The predicted octanol–water partition coefficient (Wildman–Crippen LogP) is 2.88. The summed E-state index contributed by atoms with van der Waals surface area (Å²) in [7, 11) is 0. The second kappa shape index (κ2) is 3.32. The minimum Gasteiger partial charge on any atom is -0.155 e. The lowest BCUT2D eigenvalue weighted by molar-refractivity contribution is 0.995. The number of nitrogens with zero attached hydrogens (tertiary/aromatic N) is 5. The van der Waals surface area contributed by atoms with E-state index in [2.05, 4.69) is 20.2 Å². The van der Waals surface area contributed by atoms with E-state index < -0.39 is 0 Å². The van der Waals surface area contributed by atoms with Crippen LogP contribution in [0, 0.1) is 6.92 Å². The number of rotatable bonds is 1. The van der Waals surface area contributed by atoms with E-state index in [1.165, 1.54) is 0 Å². The number of hydrogen-bond donors (Lipinski definition) is 0. The molecule has 0 aliphatic heterocycles. The van der Waals surface area contributed by atoms with Crippen LogP contribution < -0.4 is 0 Å². The van der Waals surface area contributed by atoms with Crippen molar-refractivity contribution in [2.24, 2.45) is 5.11 Å². The zero-order chi connectivity index (χ0) is 9.97. The Labute approximate surface area is 80.0 Å². The molecule has 68 valence electrons. The number of fused-ring (bicyclic) bond motifs is 1. The standard InChI is InChI=1S/C9H7N5/c1-6-7-4-2-3-5-8(7)9(12-11-6)13-14-10/h2-5H,1H3. The fourth-order valence-corrected chi connectivity index (χ4v) is 1.34. The maximum absolute atomic E-state index is 8.34. The molecule has 0 amide bonds. The van der Waals surface area contributed by atoms with Crippen molar-refractivity contribution in [3.8, 4) is 0 Å². The van der Waals surface area contributed by atoms with Crippen LogP contribution in [-0.2, 0) is 0 Å². The van der Waals surface area contributed by atoms with Gasteiger partial charge in [-0.25, -0.2) is 0 Å². The molecular weight excluding hydrogens is 178 g/mol. The largest absolute Gasteiger partial charge is 0.157 e. The summed E-state index contributed by atoms with van der Waals surface area (Å²) in [5.74, 6) is 0.328. The second-order valence-electron chi connectivity index (χ2n) is 2.84. The lowest BCUT2D eigenvalue weighted by Gasteiger charge is -2.01. The molecule has 5 nitrogen and oxygen atoms in total. The molecule has 0 radical (unpaired) electrons. The smallest absolute Gasteiger partial charge is 0.155 e. The first kappa shape index (κ1) is 8.47. The Balaban J connectivity index is 2.88. The van der Waals surface area contributed by atoms with E-state index in [-0.39, 0.29) is 0 Å². The number of aryl methyl sites for hydroxylation is 1. The van der Waals surface area contributed by atoms with Gasteiger partial charge in [0.05, 0.1) is 5.69 Å². The van der Waals surface area contributed by atoms with Crippen LogP contribution >= 0.6 is 0 Å². The Hall–Kier alpha value is -2.13. The third-order valence-electron chi connectivity index (χ3n) is 1.99. The second-order valence-corrected chi connectivity index (χ2v) is 2.84. The van der Waals surface area contributed by atoms with Crippen LogP contribution in [0.25, 0.3) is 21.2 Å². The highest BCUT2D eigenvalue weighted by molar-refractivity contribution is 5.91. The highest BCUT2D eigenvalue weighted by Gasteiger charge is 2.03. The SMILES string of the molecule is Cc1nnc(N=[N+]=[N-])c2ccccc12. The molecule has 0 aliphatic rings. The van der Waals surface area contributed by atoms with Gasteiger partial charge >= 0.3 is 0 Å². The van der Waals surface area contributed by atoms with Crippen molar-refractivity contribution in [3.05, 3.63) is 40.4 Å². The summed E-state index contributed by atoms with van der Waals surface area (Å²) in [5, 5.41) is 13.0. The highest BCUT2D eigenvalue weighted by Crippen LogP contribution is 2.24. The third-order valence-corrected chi connectivity index (χ3v) is 1.99. The predicted molar refractivity (Wildman–Crippen MR) is 53.1 cm³/mol. The lowest BCUT2D eigenvalue weighted by atomic mass is 10.1. The lowest BCUT2D eigenvalue weighted by Crippen LogP contribution is -1.88. The molecular formula is C9H7N5. The van der Waals surface area contributed by atoms with E-state index in [9.17, 15) is 0 Å². The van der Waals surface area contributed by atoms with Crippen LogP contribution in [0.2, 0.25) is 0 Å². The van der Waals surface area contributed by atoms with E-state index in [1.54, 1.807) is 0 Å². The Morgan fingerprint density at radius 2 is 1.93 bits per heavy atom. The number of benzene rings is 1. The van der Waals surface area contributed by atoms with Gasteiger partial charge in [-0.2, -0.15) is 5.10 Å². The Morgan fingerprint density at radius 3 is 2.64 bits per heavy atom. The van der Waals surface area contributed by atoms with Gasteiger partial charge in [0.1, 0.15) is 0 Å². The fourth-order valence-electron chi connectivity index (χ4n) is 1.34. The van der Waals surface area contributed by atoms with Gasteiger partial charge < -0.3 is 0 Å². The van der Waals surface area contributed by atoms with Gasteiger partial charge in [-0.05, 0) is 17.6 Å². The van der Waals surface area contributed by atoms with E-state index in [0.717, 1.165) is 16.5 Å². The number of azide groups is 1. The topological polar surface area (TPSA) is 74.5 Å². The van der Waals surface area contributed by atoms with Crippen LogP contribution in [-0.4, -0.2) is 10.2 Å². The first-order valence-corrected chi connectivity index (χ1v) is 4.10. The van der Waals surface area contributed by atoms with Crippen molar-refractivity contribution in [3.63, 3.8) is 0 Å². The van der Waals surface area contributed by atoms with E-state index >= 15 is 0 Å². The average Bonchev–Trinajstić information content (AvgIpc) is 2.23. The molecule has 0 spiro atoms. The Bertz CT molecular complexity index is 528. The fraction of sp³-hybridized carbons (Fsp3) is 0.111. The van der Waals surface area contributed by atoms with Crippen molar-refractivity contribution in [1.82, 2.24) is 10.2 Å². The van der Waals surface area contributed by atoms with Crippen molar-refractivity contribution in [2.75, 3.05) is 0 Å². The summed E-state index contributed by atoms with van der Waals surface area (Å²) in [6.07, 6.45) is 0. The molecule has 1 aromatic heterocycles. The Kier molecular flexibility index (Phi) is 2.01. The minimum absolute atomic E-state index is 0.328. The molecule has 2 rings (SSSR count). The first-order valence-electron chi connectivity index (χ1n) is 4.10. The minimum atomic E-state index is 0.328. The molecule has 2 aromatic rings. The summed E-state index contributed by atoms with van der Waals surface area (Å²) in [5.41, 5.74) is 9.17. The molecule has 0 aliphatic carbocycles. The van der Waals surface area contributed by atoms with Gasteiger partial charge in [0.15, 0.2) is 5.82 Å². The number of hydrogen-bond acceptors (Lipinski definition) is 3. The van der Waals surface area contributed by atoms with Gasteiger partial charge in [0.25, 0.3) is 0 Å². The molecule has 1 heterocycles. The van der Waals surface area contributed by atoms with Crippen molar-refractivity contribution in [1.29, 1.82) is 0 Å². The van der Waals surface area contributed by atoms with Crippen molar-refractivity contribution >= 4 is 16.6 Å². The van der Waals surface area contributed by atoms with Crippen molar-refractivity contribution < 1.29 is 0 Å². The van der Waals surface area contributed by atoms with Crippen LogP contribution in [0.5, 0.6) is 0 Å². The molecule has 5 heteroatoms. The van der Waals surface area contributed by atoms with Crippen LogP contribution in [0.3, 0.4) is 0 Å².